The summed E-state index contributed by atoms with van der Waals surface area (Å²) in [6.07, 6.45) is 9.24. The highest BCUT2D eigenvalue weighted by Crippen LogP contribution is 2.41. The number of nitrogens with one attached hydrogen (secondary N) is 1. The van der Waals surface area contributed by atoms with E-state index in [0.717, 1.165) is 17.9 Å². The summed E-state index contributed by atoms with van der Waals surface area (Å²) in [5.41, 5.74) is 0.496. The van der Waals surface area contributed by atoms with Gasteiger partial charge in [0.05, 0.1) is 0 Å². The van der Waals surface area contributed by atoms with E-state index in [1.165, 1.54) is 37.9 Å². The Morgan fingerprint density at radius 2 is 1.94 bits per heavy atom. The Kier molecular flexibility index (Phi) is 6.36. The first-order valence-electron chi connectivity index (χ1n) is 7.15. The summed E-state index contributed by atoms with van der Waals surface area (Å²) in [5.74, 6) is 3.16. The largest absolute Gasteiger partial charge is 0.317 e. The van der Waals surface area contributed by atoms with Crippen LogP contribution in [0.5, 0.6) is 0 Å². The molecule has 17 heavy (non-hydrogen) atoms. The fourth-order valence-corrected chi connectivity index (χ4v) is 3.69. The maximum atomic E-state index is 3.55. The molecule has 1 aliphatic carbocycles. The van der Waals surface area contributed by atoms with E-state index in [1.54, 1.807) is 0 Å². The molecule has 0 amide bonds. The Hall–Kier alpha value is 0.310. The summed E-state index contributed by atoms with van der Waals surface area (Å²) in [7, 11) is 2.14. The molecule has 0 heterocycles. The molecule has 0 aromatic rings. The predicted molar refractivity (Wildman–Crippen MR) is 80.7 cm³/mol. The fourth-order valence-electron chi connectivity index (χ4n) is 3.24. The third kappa shape index (κ3) is 4.82. The molecule has 1 saturated carbocycles. The lowest BCUT2D eigenvalue weighted by molar-refractivity contribution is 0.112. The molecular formula is C15H31NS. The Bertz CT molecular complexity index is 209. The first kappa shape index (κ1) is 15.4. The molecule has 102 valence electrons. The Labute approximate surface area is 113 Å². The van der Waals surface area contributed by atoms with Gasteiger partial charge in [0.1, 0.15) is 0 Å². The first-order chi connectivity index (χ1) is 7.99. The van der Waals surface area contributed by atoms with Crippen molar-refractivity contribution in [3.8, 4) is 0 Å². The summed E-state index contributed by atoms with van der Waals surface area (Å²) in [6, 6.07) is 0.774. The second kappa shape index (κ2) is 7.04. The molecule has 0 saturated heterocycles. The summed E-state index contributed by atoms with van der Waals surface area (Å²) < 4.78 is 0. The van der Waals surface area contributed by atoms with Crippen molar-refractivity contribution in [2.75, 3.05) is 19.1 Å². The van der Waals surface area contributed by atoms with Crippen molar-refractivity contribution < 1.29 is 0 Å². The van der Waals surface area contributed by atoms with Crippen LogP contribution in [0.3, 0.4) is 0 Å². The second-order valence-corrected chi connectivity index (χ2v) is 7.65. The van der Waals surface area contributed by atoms with Gasteiger partial charge in [0.25, 0.3) is 0 Å². The Balaban J connectivity index is 2.49. The number of thioether (sulfide) groups is 1. The van der Waals surface area contributed by atoms with Crippen LogP contribution in [0.4, 0.5) is 0 Å². The van der Waals surface area contributed by atoms with Crippen molar-refractivity contribution in [1.82, 2.24) is 5.32 Å². The van der Waals surface area contributed by atoms with Crippen LogP contribution in [-0.2, 0) is 0 Å². The van der Waals surface area contributed by atoms with Crippen LogP contribution in [0.2, 0.25) is 0 Å². The molecule has 3 atom stereocenters. The molecule has 1 aliphatic rings. The number of rotatable bonds is 5. The van der Waals surface area contributed by atoms with E-state index in [0.29, 0.717) is 5.41 Å². The summed E-state index contributed by atoms with van der Waals surface area (Å²) in [4.78, 5) is 0. The zero-order valence-electron chi connectivity index (χ0n) is 12.4. The van der Waals surface area contributed by atoms with Crippen molar-refractivity contribution in [2.24, 2.45) is 17.3 Å². The van der Waals surface area contributed by atoms with Gasteiger partial charge in [-0.3, -0.25) is 0 Å². The quantitative estimate of drug-likeness (QED) is 0.742. The maximum absolute atomic E-state index is 3.55. The molecule has 1 nitrogen and oxygen atoms in total. The molecule has 1 N–H and O–H groups in total. The monoisotopic (exact) mass is 257 g/mol. The predicted octanol–water partition coefficient (Wildman–Crippen LogP) is 4.18. The average Bonchev–Trinajstić information content (AvgIpc) is 2.28. The zero-order chi connectivity index (χ0) is 12.9. The highest BCUT2D eigenvalue weighted by Gasteiger charge is 2.34. The lowest BCUT2D eigenvalue weighted by Gasteiger charge is -2.42. The van der Waals surface area contributed by atoms with Crippen LogP contribution in [0.15, 0.2) is 0 Å². The van der Waals surface area contributed by atoms with Gasteiger partial charge in [-0.05, 0) is 68.4 Å². The van der Waals surface area contributed by atoms with E-state index in [1.807, 2.05) is 11.8 Å². The SMILES string of the molecule is CNC1CCC(C(C)(C)C)CC1CCCSC. The summed E-state index contributed by atoms with van der Waals surface area (Å²) in [6.45, 7) is 7.24. The molecule has 0 spiro atoms. The van der Waals surface area contributed by atoms with Gasteiger partial charge in [-0.2, -0.15) is 11.8 Å². The molecule has 0 aromatic heterocycles. The van der Waals surface area contributed by atoms with Crippen LogP contribution in [0, 0.1) is 17.3 Å². The third-order valence-corrected chi connectivity index (χ3v) is 5.20. The Morgan fingerprint density at radius 3 is 2.47 bits per heavy atom. The van der Waals surface area contributed by atoms with Crippen molar-refractivity contribution in [3.05, 3.63) is 0 Å². The van der Waals surface area contributed by atoms with Crippen LogP contribution < -0.4 is 5.32 Å². The molecule has 0 aliphatic heterocycles. The van der Waals surface area contributed by atoms with E-state index >= 15 is 0 Å². The zero-order valence-corrected chi connectivity index (χ0v) is 13.2. The smallest absolute Gasteiger partial charge is 0.00925 e. The molecule has 1 fully saturated rings. The highest BCUT2D eigenvalue weighted by atomic mass is 32.2. The van der Waals surface area contributed by atoms with Crippen LogP contribution in [-0.4, -0.2) is 25.1 Å². The van der Waals surface area contributed by atoms with E-state index in [4.69, 9.17) is 0 Å². The second-order valence-electron chi connectivity index (χ2n) is 6.67. The summed E-state index contributed by atoms with van der Waals surface area (Å²) >= 11 is 1.98. The average molecular weight is 257 g/mol. The van der Waals surface area contributed by atoms with Gasteiger partial charge in [0.2, 0.25) is 0 Å². The molecule has 2 heteroatoms. The van der Waals surface area contributed by atoms with E-state index in [-0.39, 0.29) is 0 Å². The normalized spacial score (nSPS) is 30.5. The maximum Gasteiger partial charge on any atom is 0.00925 e. The van der Waals surface area contributed by atoms with Crippen molar-refractivity contribution in [3.63, 3.8) is 0 Å². The van der Waals surface area contributed by atoms with Crippen molar-refractivity contribution in [2.45, 2.75) is 58.9 Å². The van der Waals surface area contributed by atoms with Gasteiger partial charge >= 0.3 is 0 Å². The minimum Gasteiger partial charge on any atom is -0.317 e. The highest BCUT2D eigenvalue weighted by molar-refractivity contribution is 7.98. The molecule has 3 unspecified atom stereocenters. The minimum absolute atomic E-state index is 0.496. The van der Waals surface area contributed by atoms with Gasteiger partial charge in [-0.15, -0.1) is 0 Å². The molecule has 0 radical (unpaired) electrons. The van der Waals surface area contributed by atoms with Crippen LogP contribution in [0.1, 0.15) is 52.9 Å². The van der Waals surface area contributed by atoms with Crippen molar-refractivity contribution >= 4 is 11.8 Å². The topological polar surface area (TPSA) is 12.0 Å². The number of hydrogen-bond donors (Lipinski definition) is 1. The Morgan fingerprint density at radius 1 is 1.24 bits per heavy atom. The van der Waals surface area contributed by atoms with Gasteiger partial charge in [0, 0.05) is 6.04 Å². The lowest BCUT2D eigenvalue weighted by Crippen LogP contribution is -2.41. The van der Waals surface area contributed by atoms with Crippen LogP contribution in [0.25, 0.3) is 0 Å². The van der Waals surface area contributed by atoms with E-state index in [9.17, 15) is 0 Å². The minimum atomic E-state index is 0.496. The van der Waals surface area contributed by atoms with E-state index in [2.05, 4.69) is 39.4 Å². The lowest BCUT2D eigenvalue weighted by atomic mass is 9.66. The van der Waals surface area contributed by atoms with Gasteiger partial charge in [-0.25, -0.2) is 0 Å². The molecular weight excluding hydrogens is 226 g/mol. The van der Waals surface area contributed by atoms with Gasteiger partial charge < -0.3 is 5.32 Å². The third-order valence-electron chi connectivity index (χ3n) is 4.50. The number of hydrogen-bond acceptors (Lipinski definition) is 2. The van der Waals surface area contributed by atoms with Crippen LogP contribution >= 0.6 is 11.8 Å². The van der Waals surface area contributed by atoms with Gasteiger partial charge in [-0.1, -0.05) is 20.8 Å². The molecule has 0 bridgehead atoms. The van der Waals surface area contributed by atoms with E-state index < -0.39 is 0 Å². The molecule has 1 rings (SSSR count). The summed E-state index contributed by atoms with van der Waals surface area (Å²) in [5, 5.41) is 3.55. The van der Waals surface area contributed by atoms with Gasteiger partial charge in [0.15, 0.2) is 0 Å². The standard InChI is InChI=1S/C15H31NS/c1-15(2,3)13-8-9-14(16-4)12(11-13)7-6-10-17-5/h12-14,16H,6-11H2,1-5H3. The first-order valence-corrected chi connectivity index (χ1v) is 8.54. The molecule has 0 aromatic carbocycles. The van der Waals surface area contributed by atoms with Crippen molar-refractivity contribution in [1.29, 1.82) is 0 Å². The fraction of sp³-hybridized carbons (Fsp3) is 1.00.